The molecule has 0 aliphatic carbocycles. The fraction of sp³-hybridized carbons (Fsp3) is 0.412. The van der Waals surface area contributed by atoms with Gasteiger partial charge in [-0.2, -0.15) is 0 Å². The molecule has 1 atom stereocenters. The van der Waals surface area contributed by atoms with Crippen LogP contribution in [0.4, 0.5) is 0 Å². The van der Waals surface area contributed by atoms with Gasteiger partial charge in [-0.1, -0.05) is 30.3 Å². The fourth-order valence-corrected chi connectivity index (χ4v) is 2.95. The zero-order valence-electron chi connectivity index (χ0n) is 11.8. The van der Waals surface area contributed by atoms with Gasteiger partial charge in [-0.25, -0.2) is 0 Å². The summed E-state index contributed by atoms with van der Waals surface area (Å²) in [5, 5.41) is 0. The van der Waals surface area contributed by atoms with Crippen LogP contribution in [0, 0.1) is 0 Å². The second-order valence-corrected chi connectivity index (χ2v) is 5.51. The van der Waals surface area contributed by atoms with Crippen LogP contribution in [0.25, 0.3) is 0 Å². The van der Waals surface area contributed by atoms with Crippen molar-refractivity contribution in [2.75, 3.05) is 19.6 Å². The van der Waals surface area contributed by atoms with E-state index in [1.807, 2.05) is 6.20 Å². The van der Waals surface area contributed by atoms with Crippen molar-refractivity contribution >= 4 is 0 Å². The third kappa shape index (κ3) is 3.42. The van der Waals surface area contributed by atoms with E-state index in [-0.39, 0.29) is 0 Å². The minimum Gasteiger partial charge on any atom is -0.302 e. The molecule has 1 fully saturated rings. The number of aromatic nitrogens is 2. The molecule has 1 aliphatic heterocycles. The van der Waals surface area contributed by atoms with Crippen molar-refractivity contribution in [3.05, 3.63) is 60.2 Å². The highest BCUT2D eigenvalue weighted by Crippen LogP contribution is 2.24. The molecule has 3 nitrogen and oxygen atoms in total. The zero-order chi connectivity index (χ0) is 13.6. The lowest BCUT2D eigenvalue weighted by atomic mass is 9.95. The molecule has 0 radical (unpaired) electrons. The second kappa shape index (κ2) is 6.62. The maximum atomic E-state index is 4.47. The molecule has 0 N–H and O–H groups in total. The standard InChI is InChI=1S/C17H21N3/c1-2-5-15(6-3-1)8-12-20-11-4-7-16(14-20)17-13-18-9-10-19-17/h1-3,5-6,9-10,13,16H,4,7-8,11-12,14H2/t16-/m0/s1. The summed E-state index contributed by atoms with van der Waals surface area (Å²) >= 11 is 0. The van der Waals surface area contributed by atoms with Crippen LogP contribution in [0.3, 0.4) is 0 Å². The molecule has 0 spiro atoms. The van der Waals surface area contributed by atoms with E-state index in [0.29, 0.717) is 5.92 Å². The van der Waals surface area contributed by atoms with Crippen LogP contribution in [0.1, 0.15) is 30.0 Å². The highest BCUT2D eigenvalue weighted by Gasteiger charge is 2.21. The summed E-state index contributed by atoms with van der Waals surface area (Å²) in [6.07, 6.45) is 9.10. The van der Waals surface area contributed by atoms with Crippen molar-refractivity contribution < 1.29 is 0 Å². The van der Waals surface area contributed by atoms with Crippen molar-refractivity contribution in [1.82, 2.24) is 14.9 Å². The SMILES string of the molecule is c1ccc(CCN2CCC[C@H](c3cnccn3)C2)cc1. The second-order valence-electron chi connectivity index (χ2n) is 5.51. The normalized spacial score (nSPS) is 19.9. The lowest BCUT2D eigenvalue weighted by molar-refractivity contribution is 0.208. The highest BCUT2D eigenvalue weighted by molar-refractivity contribution is 5.15. The van der Waals surface area contributed by atoms with Crippen LogP contribution in [0.5, 0.6) is 0 Å². The fourth-order valence-electron chi connectivity index (χ4n) is 2.95. The molecule has 0 amide bonds. The van der Waals surface area contributed by atoms with E-state index in [9.17, 15) is 0 Å². The van der Waals surface area contributed by atoms with E-state index in [4.69, 9.17) is 0 Å². The molecule has 0 bridgehead atoms. The van der Waals surface area contributed by atoms with Crippen LogP contribution < -0.4 is 0 Å². The molecule has 1 aliphatic rings. The van der Waals surface area contributed by atoms with Gasteiger partial charge in [0.1, 0.15) is 0 Å². The van der Waals surface area contributed by atoms with Crippen molar-refractivity contribution in [2.45, 2.75) is 25.2 Å². The lowest BCUT2D eigenvalue weighted by Crippen LogP contribution is -2.36. The van der Waals surface area contributed by atoms with Gasteiger partial charge in [-0.3, -0.25) is 9.97 Å². The molecule has 0 saturated carbocycles. The average Bonchev–Trinajstić information content (AvgIpc) is 2.55. The van der Waals surface area contributed by atoms with Gasteiger partial charge >= 0.3 is 0 Å². The van der Waals surface area contributed by atoms with Gasteiger partial charge in [-0.15, -0.1) is 0 Å². The summed E-state index contributed by atoms with van der Waals surface area (Å²) < 4.78 is 0. The zero-order valence-corrected chi connectivity index (χ0v) is 11.8. The summed E-state index contributed by atoms with van der Waals surface area (Å²) in [6.45, 7) is 3.47. The predicted molar refractivity (Wildman–Crippen MR) is 80.6 cm³/mol. The Labute approximate surface area is 120 Å². The predicted octanol–water partition coefficient (Wildman–Crippen LogP) is 2.90. The summed E-state index contributed by atoms with van der Waals surface area (Å²) in [5.74, 6) is 0.549. The summed E-state index contributed by atoms with van der Waals surface area (Å²) in [5.41, 5.74) is 2.58. The molecule has 2 aromatic rings. The van der Waals surface area contributed by atoms with Crippen LogP contribution >= 0.6 is 0 Å². The Balaban J connectivity index is 1.56. The Morgan fingerprint density at radius 1 is 1.15 bits per heavy atom. The van der Waals surface area contributed by atoms with Gasteiger partial charge in [-0.05, 0) is 31.4 Å². The minimum absolute atomic E-state index is 0.549. The first-order valence-corrected chi connectivity index (χ1v) is 7.44. The number of likely N-dealkylation sites (tertiary alicyclic amines) is 1. The van der Waals surface area contributed by atoms with Gasteiger partial charge in [0.2, 0.25) is 0 Å². The molecule has 0 unspecified atom stereocenters. The molecule has 1 aromatic carbocycles. The number of piperidine rings is 1. The first-order valence-electron chi connectivity index (χ1n) is 7.44. The monoisotopic (exact) mass is 267 g/mol. The Bertz CT molecular complexity index is 512. The van der Waals surface area contributed by atoms with Crippen molar-refractivity contribution in [1.29, 1.82) is 0 Å². The number of rotatable bonds is 4. The van der Waals surface area contributed by atoms with Gasteiger partial charge in [0.15, 0.2) is 0 Å². The van der Waals surface area contributed by atoms with Crippen LogP contribution in [0.2, 0.25) is 0 Å². The van der Waals surface area contributed by atoms with Crippen LogP contribution in [-0.4, -0.2) is 34.5 Å². The van der Waals surface area contributed by atoms with E-state index in [0.717, 1.165) is 25.2 Å². The Morgan fingerprint density at radius 3 is 2.85 bits per heavy atom. The number of hydrogen-bond donors (Lipinski definition) is 0. The molecule has 3 rings (SSSR count). The summed E-state index contributed by atoms with van der Waals surface area (Å²) in [7, 11) is 0. The van der Waals surface area contributed by atoms with Gasteiger partial charge in [0.05, 0.1) is 5.69 Å². The topological polar surface area (TPSA) is 29.0 Å². The van der Waals surface area contributed by atoms with Gasteiger partial charge in [0, 0.05) is 37.6 Å². The summed E-state index contributed by atoms with van der Waals surface area (Å²) in [4.78, 5) is 11.2. The van der Waals surface area contributed by atoms with E-state index >= 15 is 0 Å². The first kappa shape index (κ1) is 13.3. The molecular weight excluding hydrogens is 246 g/mol. The van der Waals surface area contributed by atoms with Gasteiger partial charge in [0.25, 0.3) is 0 Å². The van der Waals surface area contributed by atoms with Crippen molar-refractivity contribution in [3.63, 3.8) is 0 Å². The summed E-state index contributed by atoms with van der Waals surface area (Å²) in [6, 6.07) is 10.7. The van der Waals surface area contributed by atoms with E-state index in [2.05, 4.69) is 45.2 Å². The van der Waals surface area contributed by atoms with Gasteiger partial charge < -0.3 is 4.90 Å². The largest absolute Gasteiger partial charge is 0.302 e. The van der Waals surface area contributed by atoms with Crippen LogP contribution in [-0.2, 0) is 6.42 Å². The molecule has 1 saturated heterocycles. The Kier molecular flexibility index (Phi) is 4.38. The highest BCUT2D eigenvalue weighted by atomic mass is 15.1. The molecule has 20 heavy (non-hydrogen) atoms. The molecule has 3 heteroatoms. The lowest BCUT2D eigenvalue weighted by Gasteiger charge is -2.32. The average molecular weight is 267 g/mol. The number of nitrogens with zero attached hydrogens (tertiary/aromatic N) is 3. The quantitative estimate of drug-likeness (QED) is 0.853. The smallest absolute Gasteiger partial charge is 0.0630 e. The molecular formula is C17H21N3. The maximum absolute atomic E-state index is 4.47. The molecule has 1 aromatic heterocycles. The third-order valence-corrected chi connectivity index (χ3v) is 4.07. The van der Waals surface area contributed by atoms with Crippen molar-refractivity contribution in [2.24, 2.45) is 0 Å². The Morgan fingerprint density at radius 2 is 2.05 bits per heavy atom. The third-order valence-electron chi connectivity index (χ3n) is 4.07. The number of benzene rings is 1. The van der Waals surface area contributed by atoms with E-state index in [1.54, 1.807) is 12.4 Å². The first-order chi connectivity index (χ1) is 9.92. The van der Waals surface area contributed by atoms with E-state index in [1.165, 1.54) is 24.9 Å². The maximum Gasteiger partial charge on any atom is 0.0630 e. The van der Waals surface area contributed by atoms with E-state index < -0.39 is 0 Å². The number of hydrogen-bond acceptors (Lipinski definition) is 3. The van der Waals surface area contributed by atoms with Crippen molar-refractivity contribution in [3.8, 4) is 0 Å². The Hall–Kier alpha value is -1.74. The minimum atomic E-state index is 0.549. The molecule has 2 heterocycles. The van der Waals surface area contributed by atoms with Crippen LogP contribution in [0.15, 0.2) is 48.9 Å². The molecule has 104 valence electrons.